The maximum Gasteiger partial charge on any atom is 0.328 e. The molecule has 0 aliphatic heterocycles. The van der Waals surface area contributed by atoms with Crippen molar-refractivity contribution in [2.24, 2.45) is 0 Å². The predicted octanol–water partition coefficient (Wildman–Crippen LogP) is 2.81. The third-order valence-corrected chi connectivity index (χ3v) is 4.74. The molecule has 0 unspecified atom stereocenters. The number of methoxy groups -OCH3 is 1. The third kappa shape index (κ3) is 6.40. The van der Waals surface area contributed by atoms with Gasteiger partial charge in [0.05, 0.1) is 12.3 Å². The van der Waals surface area contributed by atoms with Crippen LogP contribution in [0.3, 0.4) is 0 Å². The second kappa shape index (κ2) is 10.9. The zero-order valence-electron chi connectivity index (χ0n) is 17.2. The summed E-state index contributed by atoms with van der Waals surface area (Å²) in [5.41, 5.74) is 1.72. The fraction of sp³-hybridized carbons (Fsp3) is 0.429. The fourth-order valence-corrected chi connectivity index (χ4v) is 3.16. The smallest absolute Gasteiger partial charge is 0.328 e. The zero-order valence-corrected chi connectivity index (χ0v) is 17.9. The second-order valence-electron chi connectivity index (χ2n) is 7.13. The number of carbonyl (C=O) groups excluding carboxylic acids is 3. The first kappa shape index (κ1) is 23.6. The first-order valence-corrected chi connectivity index (χ1v) is 9.95. The minimum atomic E-state index is -1.01. The number of H-pyrrole nitrogens is 1. The van der Waals surface area contributed by atoms with Gasteiger partial charge in [-0.05, 0) is 44.0 Å². The number of esters is 1. The average molecular weight is 436 g/mol. The number of hydrogen-bond donors (Lipinski definition) is 3. The van der Waals surface area contributed by atoms with E-state index in [4.69, 9.17) is 26.5 Å². The molecule has 0 spiro atoms. The lowest BCUT2D eigenvalue weighted by Crippen LogP contribution is -2.48. The van der Waals surface area contributed by atoms with Crippen molar-refractivity contribution in [1.82, 2.24) is 10.3 Å². The van der Waals surface area contributed by atoms with E-state index in [-0.39, 0.29) is 25.4 Å². The van der Waals surface area contributed by atoms with E-state index in [9.17, 15) is 14.4 Å². The van der Waals surface area contributed by atoms with E-state index in [1.165, 1.54) is 7.11 Å². The molecule has 162 valence electrons. The van der Waals surface area contributed by atoms with E-state index in [0.717, 1.165) is 16.5 Å². The number of aromatic amines is 1. The van der Waals surface area contributed by atoms with Crippen LogP contribution < -0.4 is 5.32 Å². The zero-order chi connectivity index (χ0) is 22.3. The van der Waals surface area contributed by atoms with Gasteiger partial charge in [-0.15, -0.1) is 0 Å². The Morgan fingerprint density at radius 3 is 2.67 bits per heavy atom. The van der Waals surface area contributed by atoms with Crippen LogP contribution in [0, 0.1) is 5.41 Å². The summed E-state index contributed by atoms with van der Waals surface area (Å²) in [6.07, 6.45) is 1.47. The van der Waals surface area contributed by atoms with E-state index >= 15 is 0 Å². The average Bonchev–Trinajstić information content (AvgIpc) is 3.09. The molecule has 2 atom stereocenters. The quantitative estimate of drug-likeness (QED) is 0.370. The summed E-state index contributed by atoms with van der Waals surface area (Å²) in [6, 6.07) is 4.41. The Bertz CT molecular complexity index is 925. The van der Waals surface area contributed by atoms with E-state index in [1.807, 2.05) is 6.07 Å². The number of carbonyl (C=O) groups is 3. The molecule has 0 fully saturated rings. The Kier molecular flexibility index (Phi) is 8.56. The lowest BCUT2D eigenvalue weighted by Gasteiger charge is -2.22. The summed E-state index contributed by atoms with van der Waals surface area (Å²) in [5.74, 6) is -1.57. The van der Waals surface area contributed by atoms with E-state index in [2.05, 4.69) is 10.3 Å². The van der Waals surface area contributed by atoms with Crippen LogP contribution in [0.1, 0.15) is 32.3 Å². The lowest BCUT2D eigenvalue weighted by atomic mass is 10.0. The molecule has 1 aromatic heterocycles. The van der Waals surface area contributed by atoms with Crippen molar-refractivity contribution < 1.29 is 23.9 Å². The van der Waals surface area contributed by atoms with Gasteiger partial charge in [-0.1, -0.05) is 11.6 Å². The molecule has 30 heavy (non-hydrogen) atoms. The Balaban J connectivity index is 2.13. The number of amides is 1. The molecule has 1 heterocycles. The fourth-order valence-electron chi connectivity index (χ4n) is 2.99. The summed E-state index contributed by atoms with van der Waals surface area (Å²) in [7, 11) is 1.41. The van der Waals surface area contributed by atoms with E-state index in [1.54, 1.807) is 32.2 Å². The molecule has 1 amide bonds. The molecule has 3 N–H and O–H groups in total. The van der Waals surface area contributed by atoms with Crippen LogP contribution in [0.15, 0.2) is 24.4 Å². The van der Waals surface area contributed by atoms with Gasteiger partial charge in [-0.25, -0.2) is 4.79 Å². The minimum Gasteiger partial charge on any atom is -0.461 e. The summed E-state index contributed by atoms with van der Waals surface area (Å²) in [4.78, 5) is 39.8. The Labute approximate surface area is 179 Å². The second-order valence-corrected chi connectivity index (χ2v) is 7.56. The van der Waals surface area contributed by atoms with Gasteiger partial charge in [-0.2, -0.15) is 0 Å². The van der Waals surface area contributed by atoms with Crippen molar-refractivity contribution >= 4 is 46.4 Å². The Morgan fingerprint density at radius 2 is 2.03 bits per heavy atom. The number of halogens is 1. The molecule has 2 aromatic rings. The van der Waals surface area contributed by atoms with Crippen LogP contribution in [0.5, 0.6) is 0 Å². The number of Topliss-reactive ketones (excluding diaryl/α,β-unsaturated/α-hetero) is 1. The van der Waals surface area contributed by atoms with Gasteiger partial charge in [0.25, 0.3) is 0 Å². The lowest BCUT2D eigenvalue weighted by molar-refractivity contribution is -0.152. The highest BCUT2D eigenvalue weighted by Gasteiger charge is 2.28. The number of hydrogen-bond acceptors (Lipinski definition) is 6. The molecule has 2 rings (SSSR count). The number of ketones is 1. The largest absolute Gasteiger partial charge is 0.461 e. The molecule has 0 saturated heterocycles. The van der Waals surface area contributed by atoms with Gasteiger partial charge < -0.3 is 25.2 Å². The van der Waals surface area contributed by atoms with Gasteiger partial charge in [0.1, 0.15) is 12.1 Å². The van der Waals surface area contributed by atoms with Crippen molar-refractivity contribution in [3.63, 3.8) is 0 Å². The van der Waals surface area contributed by atoms with Crippen LogP contribution in [0.4, 0.5) is 0 Å². The monoisotopic (exact) mass is 435 g/mol. The number of nitrogens with one attached hydrogen (secondary N) is 3. The molecule has 0 aliphatic rings. The molecule has 8 nitrogen and oxygen atoms in total. The number of ether oxygens (including phenoxy) is 2. The van der Waals surface area contributed by atoms with Crippen molar-refractivity contribution in [1.29, 1.82) is 5.41 Å². The molecule has 0 radical (unpaired) electrons. The van der Waals surface area contributed by atoms with Crippen molar-refractivity contribution in [2.75, 3.05) is 7.11 Å². The summed E-state index contributed by atoms with van der Waals surface area (Å²) in [6.45, 7) is 3.39. The third-order valence-electron chi connectivity index (χ3n) is 4.50. The van der Waals surface area contributed by atoms with E-state index in [0.29, 0.717) is 11.2 Å². The van der Waals surface area contributed by atoms with Crippen LogP contribution in [0.25, 0.3) is 10.9 Å². The maximum absolute atomic E-state index is 12.8. The highest BCUT2D eigenvalue weighted by Crippen LogP contribution is 2.24. The van der Waals surface area contributed by atoms with Gasteiger partial charge in [0.15, 0.2) is 5.78 Å². The topological polar surface area (TPSA) is 121 Å². The highest BCUT2D eigenvalue weighted by molar-refractivity contribution is 6.31. The van der Waals surface area contributed by atoms with Gasteiger partial charge in [0.2, 0.25) is 5.91 Å². The maximum atomic E-state index is 12.8. The Hall–Kier alpha value is -2.71. The van der Waals surface area contributed by atoms with Gasteiger partial charge in [0, 0.05) is 42.1 Å². The molecule has 1 aromatic carbocycles. The number of benzene rings is 1. The van der Waals surface area contributed by atoms with E-state index < -0.39 is 29.8 Å². The summed E-state index contributed by atoms with van der Waals surface area (Å²) < 4.78 is 10.5. The minimum absolute atomic E-state index is 0.0324. The normalized spacial score (nSPS) is 13.1. The van der Waals surface area contributed by atoms with Crippen molar-refractivity contribution in [3.05, 3.63) is 35.0 Å². The van der Waals surface area contributed by atoms with Crippen molar-refractivity contribution in [3.8, 4) is 0 Å². The molecule has 0 aliphatic carbocycles. The predicted molar refractivity (Wildman–Crippen MR) is 114 cm³/mol. The SMILES string of the molecule is CO[C@@H](Cc1c[nH]c2ccc(Cl)cc12)C(=O)N[C@@H](CCC(=O)C=N)C(=O)OC(C)C. The van der Waals surface area contributed by atoms with Gasteiger partial charge >= 0.3 is 5.97 Å². The first-order chi connectivity index (χ1) is 14.2. The first-order valence-electron chi connectivity index (χ1n) is 9.57. The highest BCUT2D eigenvalue weighted by atomic mass is 35.5. The molecular formula is C21H26ClN3O5. The van der Waals surface area contributed by atoms with Crippen LogP contribution >= 0.6 is 11.6 Å². The van der Waals surface area contributed by atoms with Crippen molar-refractivity contribution in [2.45, 2.75) is 51.4 Å². The van der Waals surface area contributed by atoms with Crippen LogP contribution in [-0.2, 0) is 30.3 Å². The number of fused-ring (bicyclic) bond motifs is 1. The van der Waals surface area contributed by atoms with Crippen LogP contribution in [-0.4, -0.2) is 54.2 Å². The molecule has 0 saturated carbocycles. The number of aromatic nitrogens is 1. The molecular weight excluding hydrogens is 410 g/mol. The summed E-state index contributed by atoms with van der Waals surface area (Å²) >= 11 is 6.08. The molecule has 0 bridgehead atoms. The molecule has 9 heteroatoms. The summed E-state index contributed by atoms with van der Waals surface area (Å²) in [5, 5.41) is 11.1. The van der Waals surface area contributed by atoms with Gasteiger partial charge in [-0.3, -0.25) is 9.59 Å². The Morgan fingerprint density at radius 1 is 1.30 bits per heavy atom. The van der Waals surface area contributed by atoms with Crippen LogP contribution in [0.2, 0.25) is 5.02 Å². The standard InChI is InChI=1S/C21H26ClN3O5/c1-12(2)30-21(28)18(7-5-15(26)10-23)25-20(27)19(29-3)8-13-11-24-17-6-4-14(22)9-16(13)17/h4,6,9-12,18-19,23-24H,5,7-8H2,1-3H3,(H,25,27)/t18-,19-/m0/s1. The number of rotatable bonds is 11.